The molecule has 0 unspecified atom stereocenters. The Hall–Kier alpha value is -1.88. The first-order valence-corrected chi connectivity index (χ1v) is 5.57. The van der Waals surface area contributed by atoms with Crippen molar-refractivity contribution in [3.8, 4) is 11.5 Å². The van der Waals surface area contributed by atoms with Crippen molar-refractivity contribution >= 4 is 23.3 Å². The Balaban J connectivity index is 2.92. The minimum absolute atomic E-state index is 0.363. The fraction of sp³-hybridized carbons (Fsp3) is 0.250. The van der Waals surface area contributed by atoms with E-state index in [-0.39, 0.29) is 6.03 Å². The normalized spacial score (nSPS) is 9.50. The molecule has 5 nitrogen and oxygen atoms in total. The van der Waals surface area contributed by atoms with Crippen molar-refractivity contribution in [2.75, 3.05) is 26.1 Å². The number of hydrogen-bond donors (Lipinski definition) is 2. The van der Waals surface area contributed by atoms with Crippen LogP contribution in [-0.2, 0) is 0 Å². The molecule has 18 heavy (non-hydrogen) atoms. The molecule has 2 N–H and O–H groups in total. The zero-order valence-electron chi connectivity index (χ0n) is 10.2. The summed E-state index contributed by atoms with van der Waals surface area (Å²) < 4.78 is 10.2. The first-order valence-electron chi connectivity index (χ1n) is 5.19. The number of urea groups is 1. The molecule has 1 aromatic rings. The lowest BCUT2D eigenvalue weighted by Crippen LogP contribution is -2.28. The van der Waals surface area contributed by atoms with Crippen LogP contribution >= 0.6 is 11.6 Å². The largest absolute Gasteiger partial charge is 0.495 e. The summed E-state index contributed by atoms with van der Waals surface area (Å²) in [4.78, 5) is 11.5. The number of amides is 2. The van der Waals surface area contributed by atoms with E-state index >= 15 is 0 Å². The Morgan fingerprint density at radius 1 is 1.39 bits per heavy atom. The number of benzene rings is 1. The highest BCUT2D eigenvalue weighted by atomic mass is 35.5. The van der Waals surface area contributed by atoms with Crippen LogP contribution in [0.5, 0.6) is 11.5 Å². The number of carbonyl (C=O) groups excluding carboxylic acids is 1. The van der Waals surface area contributed by atoms with E-state index in [0.717, 1.165) is 0 Å². The maximum absolute atomic E-state index is 11.5. The predicted octanol–water partition coefficient (Wildman–Crippen LogP) is 2.66. The molecule has 0 aromatic heterocycles. The Morgan fingerprint density at radius 2 is 2.06 bits per heavy atom. The van der Waals surface area contributed by atoms with Gasteiger partial charge in [0.05, 0.1) is 24.9 Å². The first kappa shape index (κ1) is 14.2. The Kier molecular flexibility index (Phi) is 5.32. The standard InChI is InChI=1S/C12H15ClN2O3/c1-4-5-14-12(16)15-9-7-10(17-2)8(13)6-11(9)18-3/h4,6-7H,1,5H2,2-3H3,(H2,14,15,16). The second-order valence-electron chi connectivity index (χ2n) is 3.31. The molecule has 0 aliphatic rings. The van der Waals surface area contributed by atoms with Crippen LogP contribution in [-0.4, -0.2) is 26.8 Å². The predicted molar refractivity (Wildman–Crippen MR) is 71.8 cm³/mol. The first-order chi connectivity index (χ1) is 8.62. The third kappa shape index (κ3) is 3.56. The maximum Gasteiger partial charge on any atom is 0.319 e. The van der Waals surface area contributed by atoms with E-state index in [2.05, 4.69) is 17.2 Å². The summed E-state index contributed by atoms with van der Waals surface area (Å²) in [7, 11) is 2.99. The third-order valence-electron chi connectivity index (χ3n) is 2.13. The molecule has 1 aromatic carbocycles. The number of carbonyl (C=O) groups is 1. The van der Waals surface area contributed by atoms with Crippen molar-refractivity contribution in [2.24, 2.45) is 0 Å². The van der Waals surface area contributed by atoms with Gasteiger partial charge in [0.15, 0.2) is 0 Å². The van der Waals surface area contributed by atoms with Crippen molar-refractivity contribution in [1.29, 1.82) is 0 Å². The zero-order valence-corrected chi connectivity index (χ0v) is 11.0. The summed E-state index contributed by atoms with van der Waals surface area (Å²) in [6.07, 6.45) is 1.58. The van der Waals surface area contributed by atoms with Gasteiger partial charge in [0.1, 0.15) is 11.5 Å². The second-order valence-corrected chi connectivity index (χ2v) is 3.72. The highest BCUT2D eigenvalue weighted by Gasteiger charge is 2.11. The average molecular weight is 271 g/mol. The number of ether oxygens (including phenoxy) is 2. The summed E-state index contributed by atoms with van der Waals surface area (Å²) in [6, 6.07) is 2.80. The van der Waals surface area contributed by atoms with Gasteiger partial charge in [-0.3, -0.25) is 0 Å². The summed E-state index contributed by atoms with van der Waals surface area (Å²) >= 11 is 5.95. The molecule has 6 heteroatoms. The van der Waals surface area contributed by atoms with Crippen LogP contribution in [0.15, 0.2) is 24.8 Å². The molecule has 0 aliphatic carbocycles. The Morgan fingerprint density at radius 3 is 2.61 bits per heavy atom. The fourth-order valence-electron chi connectivity index (χ4n) is 1.29. The van der Waals surface area contributed by atoms with Gasteiger partial charge in [-0.1, -0.05) is 17.7 Å². The maximum atomic E-state index is 11.5. The van der Waals surface area contributed by atoms with Crippen molar-refractivity contribution in [3.05, 3.63) is 29.8 Å². The lowest BCUT2D eigenvalue weighted by molar-refractivity contribution is 0.253. The van der Waals surface area contributed by atoms with Crippen molar-refractivity contribution < 1.29 is 14.3 Å². The summed E-state index contributed by atoms with van der Waals surface area (Å²) in [5, 5.41) is 5.63. The topological polar surface area (TPSA) is 59.6 Å². The molecule has 0 aliphatic heterocycles. The van der Waals surface area contributed by atoms with Crippen LogP contribution in [0.25, 0.3) is 0 Å². The second kappa shape index (κ2) is 6.76. The van der Waals surface area contributed by atoms with Crippen LogP contribution in [0, 0.1) is 0 Å². The van der Waals surface area contributed by atoms with Gasteiger partial charge in [0.2, 0.25) is 0 Å². The summed E-state index contributed by atoms with van der Waals surface area (Å²) in [5.74, 6) is 0.908. The quantitative estimate of drug-likeness (QED) is 0.809. The van der Waals surface area contributed by atoms with Crippen LogP contribution in [0.2, 0.25) is 5.02 Å². The van der Waals surface area contributed by atoms with Crippen LogP contribution in [0.3, 0.4) is 0 Å². The average Bonchev–Trinajstić information content (AvgIpc) is 2.37. The van der Waals surface area contributed by atoms with Gasteiger partial charge >= 0.3 is 6.03 Å². The molecule has 0 atom stereocenters. The van der Waals surface area contributed by atoms with Gasteiger partial charge in [0.25, 0.3) is 0 Å². The molecule has 0 fully saturated rings. The van der Waals surface area contributed by atoms with Gasteiger partial charge < -0.3 is 20.1 Å². The molecule has 0 saturated heterocycles. The lowest BCUT2D eigenvalue weighted by atomic mass is 10.2. The number of hydrogen-bond acceptors (Lipinski definition) is 3. The molecular weight excluding hydrogens is 256 g/mol. The molecule has 0 spiro atoms. The van der Waals surface area contributed by atoms with E-state index in [1.807, 2.05) is 0 Å². The van der Waals surface area contributed by atoms with Crippen molar-refractivity contribution in [2.45, 2.75) is 0 Å². The number of methoxy groups -OCH3 is 2. The monoisotopic (exact) mass is 270 g/mol. The number of rotatable bonds is 5. The van der Waals surface area contributed by atoms with Crippen LogP contribution < -0.4 is 20.1 Å². The van der Waals surface area contributed by atoms with Crippen molar-refractivity contribution in [1.82, 2.24) is 5.32 Å². The van der Waals surface area contributed by atoms with E-state index in [1.165, 1.54) is 14.2 Å². The SMILES string of the molecule is C=CCNC(=O)Nc1cc(OC)c(Cl)cc1OC. The number of nitrogens with one attached hydrogen (secondary N) is 2. The molecule has 2 amide bonds. The van der Waals surface area contributed by atoms with E-state index < -0.39 is 0 Å². The molecule has 98 valence electrons. The zero-order chi connectivity index (χ0) is 13.5. The fourth-order valence-corrected chi connectivity index (χ4v) is 1.52. The number of halogens is 1. The minimum Gasteiger partial charge on any atom is -0.495 e. The minimum atomic E-state index is -0.363. The third-order valence-corrected chi connectivity index (χ3v) is 2.42. The van der Waals surface area contributed by atoms with E-state index in [0.29, 0.717) is 28.8 Å². The smallest absolute Gasteiger partial charge is 0.319 e. The van der Waals surface area contributed by atoms with E-state index in [4.69, 9.17) is 21.1 Å². The van der Waals surface area contributed by atoms with Gasteiger partial charge in [0, 0.05) is 18.7 Å². The number of anilines is 1. The van der Waals surface area contributed by atoms with Gasteiger partial charge in [-0.05, 0) is 0 Å². The van der Waals surface area contributed by atoms with Gasteiger partial charge in [-0.25, -0.2) is 4.79 Å². The molecule has 0 saturated carbocycles. The molecule has 0 radical (unpaired) electrons. The Labute approximate surface area is 111 Å². The van der Waals surface area contributed by atoms with Crippen LogP contribution in [0.1, 0.15) is 0 Å². The molecular formula is C12H15ClN2O3. The van der Waals surface area contributed by atoms with Crippen molar-refractivity contribution in [3.63, 3.8) is 0 Å². The lowest BCUT2D eigenvalue weighted by Gasteiger charge is -2.13. The van der Waals surface area contributed by atoms with Gasteiger partial charge in [-0.15, -0.1) is 6.58 Å². The molecule has 1 rings (SSSR count). The molecule has 0 bridgehead atoms. The van der Waals surface area contributed by atoms with Crippen LogP contribution in [0.4, 0.5) is 10.5 Å². The highest BCUT2D eigenvalue weighted by molar-refractivity contribution is 6.32. The van der Waals surface area contributed by atoms with Gasteiger partial charge in [-0.2, -0.15) is 0 Å². The highest BCUT2D eigenvalue weighted by Crippen LogP contribution is 2.35. The van der Waals surface area contributed by atoms with E-state index in [9.17, 15) is 4.79 Å². The molecule has 0 heterocycles. The van der Waals surface area contributed by atoms with E-state index in [1.54, 1.807) is 18.2 Å². The summed E-state index contributed by atoms with van der Waals surface area (Å²) in [5.41, 5.74) is 0.473. The summed E-state index contributed by atoms with van der Waals surface area (Å²) in [6.45, 7) is 3.88. The Bertz CT molecular complexity index is 449.